The van der Waals surface area contributed by atoms with Crippen molar-refractivity contribution >= 4 is 17.5 Å². The highest BCUT2D eigenvalue weighted by Gasteiger charge is 2.33. The Morgan fingerprint density at radius 2 is 1.88 bits per heavy atom. The van der Waals surface area contributed by atoms with Gasteiger partial charge in [0.1, 0.15) is 18.2 Å². The average Bonchev–Trinajstić information content (AvgIpc) is 3.10. The van der Waals surface area contributed by atoms with Crippen molar-refractivity contribution in [1.29, 1.82) is 0 Å². The molecule has 1 amide bonds. The van der Waals surface area contributed by atoms with E-state index in [1.807, 2.05) is 37.3 Å². The van der Waals surface area contributed by atoms with Gasteiger partial charge in [0.25, 0.3) is 5.91 Å². The number of hydrogen-bond acceptors (Lipinski definition) is 4. The van der Waals surface area contributed by atoms with Gasteiger partial charge in [-0.25, -0.2) is 9.07 Å². The molecule has 0 radical (unpaired) electrons. The van der Waals surface area contributed by atoms with Crippen LogP contribution in [0.15, 0.2) is 72.2 Å². The van der Waals surface area contributed by atoms with Crippen LogP contribution in [0.1, 0.15) is 18.5 Å². The first-order valence-corrected chi connectivity index (χ1v) is 8.12. The molecule has 6 nitrogen and oxygen atoms in total. The monoisotopic (exact) mass is 349 g/mol. The van der Waals surface area contributed by atoms with Crippen molar-refractivity contribution in [3.63, 3.8) is 0 Å². The van der Waals surface area contributed by atoms with E-state index in [4.69, 9.17) is 0 Å². The van der Waals surface area contributed by atoms with E-state index in [0.29, 0.717) is 22.9 Å². The van der Waals surface area contributed by atoms with Crippen LogP contribution in [0.3, 0.4) is 0 Å². The lowest BCUT2D eigenvalue weighted by Gasteiger charge is -2.28. The van der Waals surface area contributed by atoms with Crippen LogP contribution in [-0.2, 0) is 4.79 Å². The largest absolute Gasteiger partial charge is 0.328 e. The predicted molar refractivity (Wildman–Crippen MR) is 96.0 cm³/mol. The zero-order chi connectivity index (χ0) is 18.1. The van der Waals surface area contributed by atoms with Crippen molar-refractivity contribution in [3.8, 4) is 0 Å². The van der Waals surface area contributed by atoms with Crippen LogP contribution in [0.25, 0.3) is 0 Å². The molecule has 7 heteroatoms. The molecule has 0 aliphatic carbocycles. The second-order valence-corrected chi connectivity index (χ2v) is 5.97. The van der Waals surface area contributed by atoms with Crippen LogP contribution in [0.4, 0.5) is 16.0 Å². The minimum Gasteiger partial charge on any atom is -0.328 e. The molecule has 1 aliphatic rings. The molecule has 130 valence electrons. The van der Waals surface area contributed by atoms with E-state index in [9.17, 15) is 9.18 Å². The summed E-state index contributed by atoms with van der Waals surface area (Å²) in [5, 5.41) is 10.3. The summed E-state index contributed by atoms with van der Waals surface area (Å²) in [7, 11) is 0. The Morgan fingerprint density at radius 3 is 2.62 bits per heavy atom. The van der Waals surface area contributed by atoms with Gasteiger partial charge < -0.3 is 10.6 Å². The van der Waals surface area contributed by atoms with Crippen LogP contribution >= 0.6 is 0 Å². The number of para-hydroxylation sites is 1. The summed E-state index contributed by atoms with van der Waals surface area (Å²) in [5.41, 5.74) is 2.61. The molecule has 0 spiro atoms. The highest BCUT2D eigenvalue weighted by Crippen LogP contribution is 2.35. The first-order valence-electron chi connectivity index (χ1n) is 8.12. The van der Waals surface area contributed by atoms with E-state index < -0.39 is 6.04 Å². The topological polar surface area (TPSA) is 71.8 Å². The average molecular weight is 349 g/mol. The fraction of sp³-hybridized carbons (Fsp3) is 0.105. The Hall–Kier alpha value is -3.48. The van der Waals surface area contributed by atoms with Crippen LogP contribution < -0.4 is 10.6 Å². The number of carbonyl (C=O) groups excluding carboxylic acids is 1. The number of fused-ring (bicyclic) bond motifs is 1. The van der Waals surface area contributed by atoms with Crippen molar-refractivity contribution in [1.82, 2.24) is 14.8 Å². The maximum absolute atomic E-state index is 13.4. The number of allylic oxidation sites excluding steroid dienone is 1. The lowest BCUT2D eigenvalue weighted by Crippen LogP contribution is -2.31. The van der Waals surface area contributed by atoms with E-state index in [2.05, 4.69) is 20.7 Å². The summed E-state index contributed by atoms with van der Waals surface area (Å²) in [6.45, 7) is 1.81. The fourth-order valence-corrected chi connectivity index (χ4v) is 3.06. The van der Waals surface area contributed by atoms with Gasteiger partial charge in [-0.05, 0) is 36.8 Å². The zero-order valence-corrected chi connectivity index (χ0v) is 14.0. The minimum atomic E-state index is -0.502. The first-order chi connectivity index (χ1) is 12.6. The number of rotatable bonds is 3. The number of carbonyl (C=O) groups is 1. The van der Waals surface area contributed by atoms with Crippen LogP contribution in [-0.4, -0.2) is 20.7 Å². The summed E-state index contributed by atoms with van der Waals surface area (Å²) >= 11 is 0. The van der Waals surface area contributed by atoms with Gasteiger partial charge in [0.15, 0.2) is 0 Å². The third kappa shape index (κ3) is 2.83. The van der Waals surface area contributed by atoms with Crippen LogP contribution in [0.5, 0.6) is 0 Å². The van der Waals surface area contributed by atoms with Gasteiger partial charge in [-0.2, -0.15) is 10.1 Å². The molecule has 26 heavy (non-hydrogen) atoms. The van der Waals surface area contributed by atoms with Gasteiger partial charge >= 0.3 is 0 Å². The highest BCUT2D eigenvalue weighted by molar-refractivity contribution is 6.05. The summed E-state index contributed by atoms with van der Waals surface area (Å²) in [6.07, 6.45) is 1.42. The van der Waals surface area contributed by atoms with E-state index in [0.717, 1.165) is 5.56 Å². The van der Waals surface area contributed by atoms with E-state index >= 15 is 0 Å². The fourth-order valence-electron chi connectivity index (χ4n) is 3.06. The molecule has 2 N–H and O–H groups in total. The Balaban J connectivity index is 1.77. The normalized spacial score (nSPS) is 16.0. The quantitative estimate of drug-likeness (QED) is 0.761. The number of halogens is 1. The molecule has 0 fully saturated rings. The van der Waals surface area contributed by atoms with Crippen molar-refractivity contribution in [2.45, 2.75) is 13.0 Å². The van der Waals surface area contributed by atoms with Crippen molar-refractivity contribution in [2.75, 3.05) is 10.6 Å². The van der Waals surface area contributed by atoms with Crippen molar-refractivity contribution < 1.29 is 9.18 Å². The molecular weight excluding hydrogens is 333 g/mol. The van der Waals surface area contributed by atoms with Crippen molar-refractivity contribution in [2.24, 2.45) is 0 Å². The minimum absolute atomic E-state index is 0.253. The van der Waals surface area contributed by atoms with Crippen molar-refractivity contribution in [3.05, 3.63) is 83.6 Å². The Labute approximate surface area is 149 Å². The standard InChI is InChI=1S/C19H16FN5O/c1-12-16(18(26)24-15-5-3-2-4-6-15)17(13-7-9-14(20)10-8-13)25-19(23-12)21-11-22-25/h2-11,17H,1H3,(H,24,26)(H,21,22,23)/t17-/m0/s1. The van der Waals surface area contributed by atoms with Gasteiger partial charge in [0, 0.05) is 11.4 Å². The van der Waals surface area contributed by atoms with Crippen LogP contribution in [0.2, 0.25) is 0 Å². The smallest absolute Gasteiger partial charge is 0.255 e. The summed E-state index contributed by atoms with van der Waals surface area (Å²) in [5.74, 6) is -0.0535. The molecule has 1 aliphatic heterocycles. The molecule has 0 saturated heterocycles. The summed E-state index contributed by atoms with van der Waals surface area (Å²) in [6, 6.07) is 14.8. The molecule has 1 atom stereocenters. The second-order valence-electron chi connectivity index (χ2n) is 5.97. The molecule has 0 bridgehead atoms. The number of amides is 1. The molecular formula is C19H16FN5O. The molecule has 4 rings (SSSR count). The number of anilines is 2. The molecule has 1 aromatic heterocycles. The van der Waals surface area contributed by atoms with E-state index in [1.54, 1.807) is 16.8 Å². The molecule has 0 saturated carbocycles. The first kappa shape index (κ1) is 16.0. The third-order valence-corrected chi connectivity index (χ3v) is 4.26. The van der Waals surface area contributed by atoms with E-state index in [-0.39, 0.29) is 11.7 Å². The van der Waals surface area contributed by atoms with E-state index in [1.165, 1.54) is 18.5 Å². The number of aromatic nitrogens is 3. The molecule has 0 unspecified atom stereocenters. The number of benzene rings is 2. The molecule has 3 aromatic rings. The Bertz CT molecular complexity index is 979. The van der Waals surface area contributed by atoms with Gasteiger partial charge in [-0.3, -0.25) is 4.79 Å². The molecule has 2 aromatic carbocycles. The third-order valence-electron chi connectivity index (χ3n) is 4.26. The SMILES string of the molecule is CC1=C(C(=O)Nc2ccccc2)[C@H](c2ccc(F)cc2)n2ncnc2N1. The van der Waals surface area contributed by atoms with Gasteiger partial charge in [0.05, 0.1) is 5.57 Å². The number of hydrogen-bond donors (Lipinski definition) is 2. The summed E-state index contributed by atoms with van der Waals surface area (Å²) in [4.78, 5) is 17.2. The molecule has 2 heterocycles. The highest BCUT2D eigenvalue weighted by atomic mass is 19.1. The number of nitrogens with one attached hydrogen (secondary N) is 2. The maximum atomic E-state index is 13.4. The van der Waals surface area contributed by atoms with Crippen LogP contribution in [0, 0.1) is 5.82 Å². The maximum Gasteiger partial charge on any atom is 0.255 e. The Morgan fingerprint density at radius 1 is 1.15 bits per heavy atom. The second kappa shape index (κ2) is 6.44. The Kier molecular flexibility index (Phi) is 3.96. The predicted octanol–water partition coefficient (Wildman–Crippen LogP) is 3.34. The van der Waals surface area contributed by atoms with Gasteiger partial charge in [-0.15, -0.1) is 0 Å². The van der Waals surface area contributed by atoms with Gasteiger partial charge in [-0.1, -0.05) is 30.3 Å². The summed E-state index contributed by atoms with van der Waals surface area (Å²) < 4.78 is 15.0. The van der Waals surface area contributed by atoms with Gasteiger partial charge in [0.2, 0.25) is 5.95 Å². The lowest BCUT2D eigenvalue weighted by atomic mass is 9.95. The zero-order valence-electron chi connectivity index (χ0n) is 14.0. The lowest BCUT2D eigenvalue weighted by molar-refractivity contribution is -0.113. The number of nitrogens with zero attached hydrogens (tertiary/aromatic N) is 3.